The second kappa shape index (κ2) is 3.61. The van der Waals surface area contributed by atoms with Crippen molar-refractivity contribution >= 4 is 10.9 Å². The molecule has 0 unspecified atom stereocenters. The average molecular weight is 228 g/mol. The monoisotopic (exact) mass is 228 g/mol. The molecule has 0 radical (unpaired) electrons. The number of nitrogens with one attached hydrogen (secondary N) is 1. The van der Waals surface area contributed by atoms with Crippen LogP contribution in [0.2, 0.25) is 0 Å². The number of hydrogen-bond acceptors (Lipinski definition) is 1. The van der Waals surface area contributed by atoms with Crippen molar-refractivity contribution in [2.45, 2.75) is 45.1 Å². The molecule has 0 bridgehead atoms. The summed E-state index contributed by atoms with van der Waals surface area (Å²) in [6.45, 7) is 4.16. The number of aromatic amines is 1. The minimum atomic E-state index is -0.132. The van der Waals surface area contributed by atoms with Crippen LogP contribution in [0.15, 0.2) is 18.2 Å². The van der Waals surface area contributed by atoms with Gasteiger partial charge in [-0.05, 0) is 62.8 Å². The van der Waals surface area contributed by atoms with Gasteiger partial charge >= 0.3 is 0 Å². The molecular formula is C15H20N2. The third kappa shape index (κ3) is 1.98. The van der Waals surface area contributed by atoms with Gasteiger partial charge in [0, 0.05) is 22.1 Å². The van der Waals surface area contributed by atoms with Crippen LogP contribution in [0, 0.1) is 0 Å². The van der Waals surface area contributed by atoms with Gasteiger partial charge in [-0.2, -0.15) is 0 Å². The maximum atomic E-state index is 6.09. The van der Waals surface area contributed by atoms with Gasteiger partial charge < -0.3 is 10.7 Å². The van der Waals surface area contributed by atoms with Crippen molar-refractivity contribution in [3.63, 3.8) is 0 Å². The van der Waals surface area contributed by atoms with Crippen LogP contribution in [-0.2, 0) is 19.3 Å². The molecule has 2 aromatic rings. The molecule has 0 atom stereocenters. The first-order chi connectivity index (χ1) is 8.03. The normalized spacial score (nSPS) is 15.5. The van der Waals surface area contributed by atoms with Crippen LogP contribution < -0.4 is 5.73 Å². The van der Waals surface area contributed by atoms with Crippen molar-refractivity contribution < 1.29 is 0 Å². The van der Waals surface area contributed by atoms with Crippen molar-refractivity contribution in [2.24, 2.45) is 5.73 Å². The number of H-pyrrole nitrogens is 1. The van der Waals surface area contributed by atoms with Crippen LogP contribution in [0.3, 0.4) is 0 Å². The van der Waals surface area contributed by atoms with E-state index in [2.05, 4.69) is 37.0 Å². The Labute approximate surface area is 102 Å². The number of rotatable bonds is 2. The summed E-state index contributed by atoms with van der Waals surface area (Å²) in [4.78, 5) is 3.53. The largest absolute Gasteiger partial charge is 0.358 e. The van der Waals surface area contributed by atoms with E-state index in [1.54, 1.807) is 0 Å². The van der Waals surface area contributed by atoms with Crippen LogP contribution in [0.4, 0.5) is 0 Å². The summed E-state index contributed by atoms with van der Waals surface area (Å²) in [5, 5.41) is 1.42. The Kier molecular flexibility index (Phi) is 2.30. The smallest absolute Gasteiger partial charge is 0.0459 e. The predicted octanol–water partition coefficient (Wildman–Crippen LogP) is 2.94. The Morgan fingerprint density at radius 2 is 2.12 bits per heavy atom. The zero-order valence-corrected chi connectivity index (χ0v) is 10.6. The maximum absolute atomic E-state index is 6.09. The molecule has 90 valence electrons. The van der Waals surface area contributed by atoms with E-state index in [0.717, 1.165) is 6.42 Å². The van der Waals surface area contributed by atoms with Crippen LogP contribution in [-0.4, -0.2) is 10.5 Å². The number of fused-ring (bicyclic) bond motifs is 3. The summed E-state index contributed by atoms with van der Waals surface area (Å²) in [7, 11) is 0. The minimum Gasteiger partial charge on any atom is -0.358 e. The summed E-state index contributed by atoms with van der Waals surface area (Å²) in [6.07, 6.45) is 4.67. The van der Waals surface area contributed by atoms with Gasteiger partial charge in [0.1, 0.15) is 0 Å². The van der Waals surface area contributed by atoms with Gasteiger partial charge in [-0.15, -0.1) is 0 Å². The van der Waals surface area contributed by atoms with Gasteiger partial charge in [0.05, 0.1) is 0 Å². The van der Waals surface area contributed by atoms with Crippen molar-refractivity contribution in [1.82, 2.24) is 4.98 Å². The summed E-state index contributed by atoms with van der Waals surface area (Å²) >= 11 is 0. The fraction of sp³-hybridized carbons (Fsp3) is 0.467. The number of benzene rings is 1. The number of hydrogen-bond donors (Lipinski definition) is 2. The average Bonchev–Trinajstić information content (AvgIpc) is 2.75. The summed E-state index contributed by atoms with van der Waals surface area (Å²) in [5.41, 5.74) is 11.6. The molecular weight excluding hydrogens is 208 g/mol. The molecule has 0 spiro atoms. The molecule has 3 N–H and O–H groups in total. The van der Waals surface area contributed by atoms with Gasteiger partial charge in [-0.1, -0.05) is 6.07 Å². The van der Waals surface area contributed by atoms with E-state index in [-0.39, 0.29) is 5.54 Å². The van der Waals surface area contributed by atoms with Crippen molar-refractivity contribution in [3.05, 3.63) is 35.0 Å². The van der Waals surface area contributed by atoms with E-state index < -0.39 is 0 Å². The molecule has 1 heterocycles. The molecule has 0 fully saturated rings. The van der Waals surface area contributed by atoms with E-state index in [0.29, 0.717) is 0 Å². The lowest BCUT2D eigenvalue weighted by atomic mass is 9.95. The summed E-state index contributed by atoms with van der Waals surface area (Å²) in [5.74, 6) is 0. The molecule has 1 aliphatic rings. The fourth-order valence-corrected chi connectivity index (χ4v) is 2.93. The second-order valence-electron chi connectivity index (χ2n) is 5.98. The lowest BCUT2D eigenvalue weighted by Gasteiger charge is -2.18. The number of nitrogens with two attached hydrogens (primary N) is 1. The number of aryl methyl sites for hydroxylation is 2. The van der Waals surface area contributed by atoms with E-state index in [1.165, 1.54) is 47.0 Å². The lowest BCUT2D eigenvalue weighted by Crippen LogP contribution is -2.34. The third-order valence-corrected chi connectivity index (χ3v) is 3.57. The molecule has 3 rings (SSSR count). The Hall–Kier alpha value is -1.28. The van der Waals surface area contributed by atoms with Crippen molar-refractivity contribution in [2.75, 3.05) is 0 Å². The van der Waals surface area contributed by atoms with Gasteiger partial charge in [0.2, 0.25) is 0 Å². The molecule has 1 aromatic heterocycles. The fourth-order valence-electron chi connectivity index (χ4n) is 2.93. The lowest BCUT2D eigenvalue weighted by molar-refractivity contribution is 0.517. The zero-order chi connectivity index (χ0) is 12.0. The minimum absolute atomic E-state index is 0.132. The maximum Gasteiger partial charge on any atom is 0.0459 e. The highest BCUT2D eigenvalue weighted by Gasteiger charge is 2.18. The Balaban J connectivity index is 2.06. The first kappa shape index (κ1) is 10.8. The van der Waals surface area contributed by atoms with Crippen LogP contribution in [0.25, 0.3) is 10.9 Å². The second-order valence-corrected chi connectivity index (χ2v) is 5.98. The molecule has 0 saturated carbocycles. The highest BCUT2D eigenvalue weighted by molar-refractivity contribution is 5.86. The van der Waals surface area contributed by atoms with Crippen LogP contribution in [0.1, 0.15) is 37.1 Å². The molecule has 0 saturated heterocycles. The molecule has 1 aromatic carbocycles. The van der Waals surface area contributed by atoms with E-state index >= 15 is 0 Å². The first-order valence-electron chi connectivity index (χ1n) is 6.44. The van der Waals surface area contributed by atoms with Crippen LogP contribution in [0.5, 0.6) is 0 Å². The van der Waals surface area contributed by atoms with Gasteiger partial charge in [0.15, 0.2) is 0 Å². The molecule has 2 nitrogen and oxygen atoms in total. The molecule has 17 heavy (non-hydrogen) atoms. The SMILES string of the molecule is CC(C)(N)Cc1ccc2[nH]c3c(c2c1)CCC3. The standard InChI is InChI=1S/C15H20N2/c1-15(2,16)9-10-6-7-14-12(8-10)11-4-3-5-13(11)17-14/h6-8,17H,3-5,9,16H2,1-2H3. The van der Waals surface area contributed by atoms with Crippen LogP contribution >= 0.6 is 0 Å². The van der Waals surface area contributed by atoms with Gasteiger partial charge in [-0.25, -0.2) is 0 Å². The van der Waals surface area contributed by atoms with Gasteiger partial charge in [-0.3, -0.25) is 0 Å². The number of aromatic nitrogens is 1. The van der Waals surface area contributed by atoms with Gasteiger partial charge in [0.25, 0.3) is 0 Å². The van der Waals surface area contributed by atoms with Crippen molar-refractivity contribution in [3.8, 4) is 0 Å². The van der Waals surface area contributed by atoms with E-state index in [9.17, 15) is 0 Å². The highest BCUT2D eigenvalue weighted by atomic mass is 14.7. The molecule has 0 amide bonds. The van der Waals surface area contributed by atoms with E-state index in [4.69, 9.17) is 5.73 Å². The van der Waals surface area contributed by atoms with Crippen molar-refractivity contribution in [1.29, 1.82) is 0 Å². The Morgan fingerprint density at radius 3 is 2.88 bits per heavy atom. The predicted molar refractivity (Wildman–Crippen MR) is 72.3 cm³/mol. The quantitative estimate of drug-likeness (QED) is 0.815. The molecule has 0 aliphatic heterocycles. The summed E-state index contributed by atoms with van der Waals surface area (Å²) < 4.78 is 0. The Morgan fingerprint density at radius 1 is 1.29 bits per heavy atom. The molecule has 1 aliphatic carbocycles. The van der Waals surface area contributed by atoms with E-state index in [1.807, 2.05) is 0 Å². The Bertz CT molecular complexity index is 558. The zero-order valence-electron chi connectivity index (χ0n) is 10.6. The molecule has 2 heteroatoms. The third-order valence-electron chi connectivity index (χ3n) is 3.57. The highest BCUT2D eigenvalue weighted by Crippen LogP contribution is 2.30. The summed E-state index contributed by atoms with van der Waals surface area (Å²) in [6, 6.07) is 6.72. The first-order valence-corrected chi connectivity index (χ1v) is 6.44. The topological polar surface area (TPSA) is 41.8 Å².